The van der Waals surface area contributed by atoms with Crippen LogP contribution in [0.4, 0.5) is 5.69 Å². The largest absolute Gasteiger partial charge is 0.260 e. The van der Waals surface area contributed by atoms with Crippen molar-refractivity contribution >= 4 is 5.69 Å². The molecule has 0 spiro atoms. The van der Waals surface area contributed by atoms with Crippen LogP contribution < -0.4 is 0 Å². The molecule has 4 heteroatoms. The zero-order valence-electron chi connectivity index (χ0n) is 17.4. The fraction of sp³-hybridized carbons (Fsp3) is 0.111. The molecule has 4 nitrogen and oxygen atoms in total. The first-order valence-electron chi connectivity index (χ1n) is 9.93. The van der Waals surface area contributed by atoms with Gasteiger partial charge in [0, 0.05) is 23.4 Å². The van der Waals surface area contributed by atoms with Crippen molar-refractivity contribution in [2.24, 2.45) is 0 Å². The minimum atomic E-state index is -0.371. The van der Waals surface area contributed by atoms with Gasteiger partial charge in [0.1, 0.15) is 0 Å². The maximum atomic E-state index is 9.12. The minimum absolute atomic E-state index is 0.371. The summed E-state index contributed by atoms with van der Waals surface area (Å²) in [7, 11) is 0. The van der Waals surface area contributed by atoms with Crippen LogP contribution in [0.2, 0.25) is 0 Å². The van der Waals surface area contributed by atoms with Crippen LogP contribution in [-0.2, 0) is 5.41 Å². The van der Waals surface area contributed by atoms with Gasteiger partial charge in [0.2, 0.25) is 0 Å². The Balaban J connectivity index is 1.60. The van der Waals surface area contributed by atoms with Crippen LogP contribution >= 0.6 is 0 Å². The second kappa shape index (κ2) is 8.22. The van der Waals surface area contributed by atoms with Crippen molar-refractivity contribution in [2.75, 3.05) is 0 Å². The summed E-state index contributed by atoms with van der Waals surface area (Å²) in [6.45, 7) is 11.4. The number of rotatable bonds is 4. The molecule has 2 aromatic carbocycles. The number of nitriles is 1. The summed E-state index contributed by atoms with van der Waals surface area (Å²) in [5, 5.41) is 9.12. The molecule has 4 rings (SSSR count). The van der Waals surface area contributed by atoms with Crippen LogP contribution in [0.5, 0.6) is 0 Å². The fourth-order valence-corrected chi connectivity index (χ4v) is 3.52. The molecule has 0 aliphatic heterocycles. The van der Waals surface area contributed by atoms with E-state index in [0.717, 1.165) is 33.6 Å². The van der Waals surface area contributed by atoms with Gasteiger partial charge in [0.25, 0.3) is 0 Å². The van der Waals surface area contributed by atoms with Crippen molar-refractivity contribution in [1.29, 1.82) is 5.26 Å². The predicted octanol–water partition coefficient (Wildman–Crippen LogP) is 6.56. The second-order valence-electron chi connectivity index (χ2n) is 7.84. The van der Waals surface area contributed by atoms with Crippen LogP contribution in [-0.4, -0.2) is 9.97 Å². The zero-order valence-corrected chi connectivity index (χ0v) is 17.4. The second-order valence-corrected chi connectivity index (χ2v) is 7.84. The highest BCUT2D eigenvalue weighted by Gasteiger charge is 2.26. The standard InChI is InChI=1S/C27H20N4/c1-27(2,25-12-10-22(17-30-25)20-7-4-6-19(14-20)16-28)26-13-11-23(18-31-26)21-8-5-9-24(15-21)29-3/h4-15,17-18H,1-2H3. The summed E-state index contributed by atoms with van der Waals surface area (Å²) < 4.78 is 0. The quantitative estimate of drug-likeness (QED) is 0.365. The normalized spacial score (nSPS) is 10.8. The topological polar surface area (TPSA) is 53.9 Å². The van der Waals surface area contributed by atoms with Gasteiger partial charge in [-0.2, -0.15) is 5.26 Å². The third kappa shape index (κ3) is 4.06. The lowest BCUT2D eigenvalue weighted by molar-refractivity contribution is 0.595. The van der Waals surface area contributed by atoms with Gasteiger partial charge in [-0.05, 0) is 60.9 Å². The van der Waals surface area contributed by atoms with Gasteiger partial charge >= 0.3 is 0 Å². The Bertz CT molecular complexity index is 1200. The van der Waals surface area contributed by atoms with Gasteiger partial charge in [0.15, 0.2) is 5.69 Å². The third-order valence-electron chi connectivity index (χ3n) is 5.44. The average molecular weight is 400 g/mol. The minimum Gasteiger partial charge on any atom is -0.260 e. The van der Waals surface area contributed by atoms with Crippen molar-refractivity contribution in [1.82, 2.24) is 9.97 Å². The van der Waals surface area contributed by atoms with Gasteiger partial charge in [-0.3, -0.25) is 9.97 Å². The summed E-state index contributed by atoms with van der Waals surface area (Å²) in [6, 6.07) is 25.3. The molecule has 2 heterocycles. The molecule has 0 radical (unpaired) electrons. The highest BCUT2D eigenvalue weighted by molar-refractivity contribution is 5.68. The highest BCUT2D eigenvalue weighted by Crippen LogP contribution is 2.32. The Morgan fingerprint density at radius 1 is 0.774 bits per heavy atom. The Morgan fingerprint density at radius 2 is 1.35 bits per heavy atom. The number of nitrogens with zero attached hydrogens (tertiary/aromatic N) is 4. The van der Waals surface area contributed by atoms with Crippen molar-refractivity contribution in [3.63, 3.8) is 0 Å². The Labute approximate surface area is 182 Å². The number of aromatic nitrogens is 2. The maximum absolute atomic E-state index is 9.12. The van der Waals surface area contributed by atoms with E-state index in [9.17, 15) is 0 Å². The average Bonchev–Trinajstić information content (AvgIpc) is 2.84. The molecule has 4 aromatic rings. The number of hydrogen-bond acceptors (Lipinski definition) is 3. The number of benzene rings is 2. The van der Waals surface area contributed by atoms with Crippen LogP contribution in [0.3, 0.4) is 0 Å². The summed E-state index contributed by atoms with van der Waals surface area (Å²) in [5.41, 5.74) is 6.62. The van der Waals surface area contributed by atoms with Crippen molar-refractivity contribution in [3.8, 4) is 28.3 Å². The maximum Gasteiger partial charge on any atom is 0.187 e. The first-order valence-corrected chi connectivity index (χ1v) is 9.93. The Morgan fingerprint density at radius 3 is 1.87 bits per heavy atom. The van der Waals surface area contributed by atoms with E-state index in [0.29, 0.717) is 11.3 Å². The Kier molecular flexibility index (Phi) is 5.31. The first-order chi connectivity index (χ1) is 15.0. The molecule has 0 fully saturated rings. The SMILES string of the molecule is [C-]#[N+]c1cccc(-c2ccc(C(C)(C)c3ccc(-c4cccc(C#N)c4)cn3)nc2)c1. The molecule has 0 atom stereocenters. The molecule has 2 aromatic heterocycles. The van der Waals surface area contributed by atoms with E-state index < -0.39 is 0 Å². The summed E-state index contributed by atoms with van der Waals surface area (Å²) in [5.74, 6) is 0. The lowest BCUT2D eigenvalue weighted by atomic mass is 9.84. The summed E-state index contributed by atoms with van der Waals surface area (Å²) >= 11 is 0. The molecule has 0 saturated carbocycles. The van der Waals surface area contributed by atoms with E-state index in [1.807, 2.05) is 73.1 Å². The Hall–Kier alpha value is -4.28. The molecule has 0 aliphatic carbocycles. The van der Waals surface area contributed by atoms with Gasteiger partial charge < -0.3 is 0 Å². The van der Waals surface area contributed by atoms with E-state index in [4.69, 9.17) is 21.8 Å². The molecule has 0 bridgehead atoms. The van der Waals surface area contributed by atoms with Crippen molar-refractivity contribution < 1.29 is 0 Å². The highest BCUT2D eigenvalue weighted by atomic mass is 14.8. The smallest absolute Gasteiger partial charge is 0.187 e. The monoisotopic (exact) mass is 400 g/mol. The van der Waals surface area contributed by atoms with E-state index in [-0.39, 0.29) is 5.41 Å². The first kappa shape index (κ1) is 20.0. The predicted molar refractivity (Wildman–Crippen MR) is 122 cm³/mol. The zero-order chi connectivity index (χ0) is 21.8. The van der Waals surface area contributed by atoms with E-state index in [1.165, 1.54) is 0 Å². The fourth-order valence-electron chi connectivity index (χ4n) is 3.52. The molecule has 31 heavy (non-hydrogen) atoms. The van der Waals surface area contributed by atoms with E-state index in [2.05, 4.69) is 24.8 Å². The molecular weight excluding hydrogens is 380 g/mol. The molecular formula is C27H20N4. The number of hydrogen-bond donors (Lipinski definition) is 0. The molecule has 0 amide bonds. The molecule has 0 aliphatic rings. The van der Waals surface area contributed by atoms with Crippen molar-refractivity contribution in [3.05, 3.63) is 114 Å². The van der Waals surface area contributed by atoms with E-state index in [1.54, 1.807) is 12.1 Å². The van der Waals surface area contributed by atoms with Crippen LogP contribution in [0.1, 0.15) is 30.8 Å². The van der Waals surface area contributed by atoms with Gasteiger partial charge in [-0.1, -0.05) is 42.5 Å². The summed E-state index contributed by atoms with van der Waals surface area (Å²) in [6.07, 6.45) is 3.69. The molecule has 0 N–H and O–H groups in total. The summed E-state index contributed by atoms with van der Waals surface area (Å²) in [4.78, 5) is 12.9. The molecule has 0 unspecified atom stereocenters. The van der Waals surface area contributed by atoms with Gasteiger partial charge in [-0.15, -0.1) is 0 Å². The van der Waals surface area contributed by atoms with Crippen LogP contribution in [0.25, 0.3) is 27.1 Å². The molecule has 148 valence electrons. The number of pyridine rings is 2. The molecule has 0 saturated heterocycles. The lowest BCUT2D eigenvalue weighted by Crippen LogP contribution is -2.22. The van der Waals surface area contributed by atoms with Gasteiger partial charge in [0.05, 0.1) is 29.6 Å². The third-order valence-corrected chi connectivity index (χ3v) is 5.44. The van der Waals surface area contributed by atoms with Gasteiger partial charge in [-0.25, -0.2) is 4.85 Å². The lowest BCUT2D eigenvalue weighted by Gasteiger charge is -2.24. The van der Waals surface area contributed by atoms with Crippen LogP contribution in [0, 0.1) is 17.9 Å². The van der Waals surface area contributed by atoms with Crippen molar-refractivity contribution in [2.45, 2.75) is 19.3 Å². The van der Waals surface area contributed by atoms with E-state index >= 15 is 0 Å². The van der Waals surface area contributed by atoms with Crippen LogP contribution in [0.15, 0.2) is 85.2 Å².